The molecule has 0 unspecified atom stereocenters. The zero-order chi connectivity index (χ0) is 12.7. The molecule has 0 heterocycles. The highest BCUT2D eigenvalue weighted by Crippen LogP contribution is 2.17. The predicted molar refractivity (Wildman–Crippen MR) is 76.1 cm³/mol. The molecule has 1 nitrogen and oxygen atoms in total. The molecule has 0 fully saturated rings. The van der Waals surface area contributed by atoms with Crippen molar-refractivity contribution >= 4 is 0 Å². The van der Waals surface area contributed by atoms with Crippen LogP contribution in [0.25, 0.3) is 0 Å². The second-order valence-electron chi connectivity index (χ2n) is 5.29. The summed E-state index contributed by atoms with van der Waals surface area (Å²) in [5, 5.41) is 3.77. The van der Waals surface area contributed by atoms with Gasteiger partial charge in [0.05, 0.1) is 0 Å². The van der Waals surface area contributed by atoms with Crippen LogP contribution in [0.2, 0.25) is 0 Å². The molecule has 0 amide bonds. The summed E-state index contributed by atoms with van der Waals surface area (Å²) in [7, 11) is 0. The van der Waals surface area contributed by atoms with E-state index in [1.165, 1.54) is 24.8 Å². The zero-order valence-corrected chi connectivity index (χ0v) is 11.7. The Morgan fingerprint density at radius 3 is 2.24 bits per heavy atom. The molecule has 1 aromatic carbocycles. The van der Waals surface area contributed by atoms with Crippen molar-refractivity contribution in [2.75, 3.05) is 0 Å². The number of benzene rings is 1. The van der Waals surface area contributed by atoms with Crippen LogP contribution in [0.4, 0.5) is 0 Å². The topological polar surface area (TPSA) is 12.0 Å². The first-order valence-electron chi connectivity index (χ1n) is 6.96. The van der Waals surface area contributed by atoms with Crippen molar-refractivity contribution in [2.45, 2.75) is 59.0 Å². The molecule has 0 saturated carbocycles. The molecular formula is C16H27N. The molecule has 0 aliphatic rings. The van der Waals surface area contributed by atoms with Gasteiger partial charge in [-0.3, -0.25) is 0 Å². The molecule has 1 rings (SSSR count). The standard InChI is InChI=1S/C16H27N/c1-5-6-12-16(13(2)3)17-14(4)15-10-8-7-9-11-15/h7-11,13-14,16-17H,5-6,12H2,1-4H3/t14-,16-/m0/s1. The van der Waals surface area contributed by atoms with Gasteiger partial charge < -0.3 is 5.32 Å². The average molecular weight is 233 g/mol. The van der Waals surface area contributed by atoms with Crippen LogP contribution in [0, 0.1) is 5.92 Å². The molecule has 0 radical (unpaired) electrons. The Kier molecular flexibility index (Phi) is 6.28. The van der Waals surface area contributed by atoms with Crippen LogP contribution < -0.4 is 5.32 Å². The normalized spacial score (nSPS) is 14.9. The number of rotatable bonds is 7. The first kappa shape index (κ1) is 14.2. The number of unbranched alkanes of at least 4 members (excludes halogenated alkanes) is 1. The first-order chi connectivity index (χ1) is 8.15. The lowest BCUT2D eigenvalue weighted by Crippen LogP contribution is -2.35. The third kappa shape index (κ3) is 4.91. The summed E-state index contributed by atoms with van der Waals surface area (Å²) in [6.07, 6.45) is 3.88. The van der Waals surface area contributed by atoms with Crippen LogP contribution in [-0.4, -0.2) is 6.04 Å². The molecule has 0 aromatic heterocycles. The maximum absolute atomic E-state index is 3.77. The highest BCUT2D eigenvalue weighted by Gasteiger charge is 2.15. The fourth-order valence-corrected chi connectivity index (χ4v) is 2.19. The van der Waals surface area contributed by atoms with Crippen molar-refractivity contribution in [3.05, 3.63) is 35.9 Å². The predicted octanol–water partition coefficient (Wildman–Crippen LogP) is 4.55. The highest BCUT2D eigenvalue weighted by atomic mass is 14.9. The van der Waals surface area contributed by atoms with Gasteiger partial charge in [0.25, 0.3) is 0 Å². The quantitative estimate of drug-likeness (QED) is 0.728. The maximum Gasteiger partial charge on any atom is 0.0294 e. The van der Waals surface area contributed by atoms with E-state index >= 15 is 0 Å². The van der Waals surface area contributed by atoms with Crippen LogP contribution in [0.15, 0.2) is 30.3 Å². The summed E-state index contributed by atoms with van der Waals surface area (Å²) in [6.45, 7) is 9.14. The van der Waals surface area contributed by atoms with Gasteiger partial charge >= 0.3 is 0 Å². The van der Waals surface area contributed by atoms with E-state index < -0.39 is 0 Å². The van der Waals surface area contributed by atoms with E-state index in [9.17, 15) is 0 Å². The lowest BCUT2D eigenvalue weighted by molar-refractivity contribution is 0.339. The third-order valence-electron chi connectivity index (χ3n) is 3.44. The van der Waals surface area contributed by atoms with Gasteiger partial charge in [0.15, 0.2) is 0 Å². The Balaban J connectivity index is 2.54. The highest BCUT2D eigenvalue weighted by molar-refractivity contribution is 5.18. The Morgan fingerprint density at radius 2 is 1.71 bits per heavy atom. The third-order valence-corrected chi connectivity index (χ3v) is 3.44. The second-order valence-corrected chi connectivity index (χ2v) is 5.29. The minimum Gasteiger partial charge on any atom is -0.307 e. The van der Waals surface area contributed by atoms with Gasteiger partial charge in [-0.2, -0.15) is 0 Å². The van der Waals surface area contributed by atoms with E-state index in [-0.39, 0.29) is 0 Å². The van der Waals surface area contributed by atoms with Crippen molar-refractivity contribution in [3.8, 4) is 0 Å². The molecule has 96 valence electrons. The van der Waals surface area contributed by atoms with Crippen LogP contribution in [0.3, 0.4) is 0 Å². The minimum atomic E-state index is 0.445. The molecule has 1 N–H and O–H groups in total. The van der Waals surface area contributed by atoms with Crippen LogP contribution >= 0.6 is 0 Å². The van der Waals surface area contributed by atoms with Gasteiger partial charge in [0, 0.05) is 12.1 Å². The lowest BCUT2D eigenvalue weighted by atomic mass is 9.96. The largest absolute Gasteiger partial charge is 0.307 e. The van der Waals surface area contributed by atoms with E-state index in [1.54, 1.807) is 0 Å². The zero-order valence-electron chi connectivity index (χ0n) is 11.7. The summed E-state index contributed by atoms with van der Waals surface area (Å²) in [5.74, 6) is 0.702. The molecule has 1 heteroatoms. The van der Waals surface area contributed by atoms with Crippen molar-refractivity contribution in [1.29, 1.82) is 0 Å². The monoisotopic (exact) mass is 233 g/mol. The fraction of sp³-hybridized carbons (Fsp3) is 0.625. The van der Waals surface area contributed by atoms with Gasteiger partial charge in [0.1, 0.15) is 0 Å². The average Bonchev–Trinajstić information content (AvgIpc) is 2.35. The second kappa shape index (κ2) is 7.50. The van der Waals surface area contributed by atoms with Gasteiger partial charge in [-0.15, -0.1) is 0 Å². The van der Waals surface area contributed by atoms with Crippen LogP contribution in [0.5, 0.6) is 0 Å². The van der Waals surface area contributed by atoms with Crippen LogP contribution in [0.1, 0.15) is 58.6 Å². The fourth-order valence-electron chi connectivity index (χ4n) is 2.19. The van der Waals surface area contributed by atoms with E-state index in [2.05, 4.69) is 63.3 Å². The van der Waals surface area contributed by atoms with E-state index in [0.717, 1.165) is 0 Å². The van der Waals surface area contributed by atoms with Gasteiger partial charge in [-0.05, 0) is 24.8 Å². The van der Waals surface area contributed by atoms with E-state index in [4.69, 9.17) is 0 Å². The Labute approximate surface area is 107 Å². The van der Waals surface area contributed by atoms with Crippen molar-refractivity contribution < 1.29 is 0 Å². The SMILES string of the molecule is CCCC[C@H](N[C@@H](C)c1ccccc1)C(C)C. The molecule has 1 aromatic rings. The van der Waals surface area contributed by atoms with Crippen LogP contribution in [-0.2, 0) is 0 Å². The molecule has 17 heavy (non-hydrogen) atoms. The lowest BCUT2D eigenvalue weighted by Gasteiger charge is -2.26. The van der Waals surface area contributed by atoms with E-state index in [1.807, 2.05) is 0 Å². The number of hydrogen-bond acceptors (Lipinski definition) is 1. The number of hydrogen-bond donors (Lipinski definition) is 1. The molecule has 0 aliphatic carbocycles. The molecule has 2 atom stereocenters. The minimum absolute atomic E-state index is 0.445. The number of nitrogens with one attached hydrogen (secondary N) is 1. The van der Waals surface area contributed by atoms with Crippen molar-refractivity contribution in [2.24, 2.45) is 5.92 Å². The Morgan fingerprint density at radius 1 is 1.06 bits per heavy atom. The summed E-state index contributed by atoms with van der Waals surface area (Å²) < 4.78 is 0. The molecular weight excluding hydrogens is 206 g/mol. The smallest absolute Gasteiger partial charge is 0.0294 e. The van der Waals surface area contributed by atoms with E-state index in [0.29, 0.717) is 18.0 Å². The van der Waals surface area contributed by atoms with Gasteiger partial charge in [-0.25, -0.2) is 0 Å². The Hall–Kier alpha value is -0.820. The van der Waals surface area contributed by atoms with Crippen molar-refractivity contribution in [1.82, 2.24) is 5.32 Å². The summed E-state index contributed by atoms with van der Waals surface area (Å²) >= 11 is 0. The summed E-state index contributed by atoms with van der Waals surface area (Å²) in [5.41, 5.74) is 1.38. The maximum atomic E-state index is 3.77. The molecule has 0 saturated heterocycles. The Bertz CT molecular complexity index is 292. The summed E-state index contributed by atoms with van der Waals surface area (Å²) in [4.78, 5) is 0. The molecule has 0 aliphatic heterocycles. The summed E-state index contributed by atoms with van der Waals surface area (Å²) in [6, 6.07) is 11.8. The molecule has 0 spiro atoms. The van der Waals surface area contributed by atoms with Gasteiger partial charge in [-0.1, -0.05) is 63.9 Å². The first-order valence-corrected chi connectivity index (χ1v) is 6.96. The molecule has 0 bridgehead atoms. The van der Waals surface area contributed by atoms with Crippen molar-refractivity contribution in [3.63, 3.8) is 0 Å². The van der Waals surface area contributed by atoms with Gasteiger partial charge in [0.2, 0.25) is 0 Å².